The van der Waals surface area contributed by atoms with Gasteiger partial charge >= 0.3 is 0 Å². The molecule has 0 amide bonds. The summed E-state index contributed by atoms with van der Waals surface area (Å²) in [6, 6.07) is 7.96. The summed E-state index contributed by atoms with van der Waals surface area (Å²) in [4.78, 5) is 4.17. The van der Waals surface area contributed by atoms with E-state index < -0.39 is 0 Å². The zero-order valence-electron chi connectivity index (χ0n) is 9.64. The molecule has 0 aliphatic carbocycles. The third kappa shape index (κ3) is 2.85. The molecule has 1 aromatic heterocycles. The minimum absolute atomic E-state index is 0.442. The Morgan fingerprint density at radius 1 is 1.35 bits per heavy atom. The van der Waals surface area contributed by atoms with E-state index in [0.717, 1.165) is 29.0 Å². The van der Waals surface area contributed by atoms with Crippen LogP contribution in [0.3, 0.4) is 0 Å². The molecule has 1 aromatic carbocycles. The molecule has 0 N–H and O–H groups in total. The molecular weight excluding hydrogens is 282 g/mol. The van der Waals surface area contributed by atoms with E-state index in [4.69, 9.17) is 4.74 Å². The number of nitrogens with zero attached hydrogens (tertiary/aromatic N) is 3. The highest BCUT2D eigenvalue weighted by Gasteiger charge is 2.05. The highest BCUT2D eigenvalue weighted by atomic mass is 79.9. The van der Waals surface area contributed by atoms with Gasteiger partial charge in [0.15, 0.2) is 5.82 Å². The summed E-state index contributed by atoms with van der Waals surface area (Å²) >= 11 is 3.44. The summed E-state index contributed by atoms with van der Waals surface area (Å²) in [5.41, 5.74) is 1.13. The van der Waals surface area contributed by atoms with Gasteiger partial charge in [0.25, 0.3) is 0 Å². The molecule has 5 heteroatoms. The molecule has 0 saturated carbocycles. The molecule has 0 fully saturated rings. The second kappa shape index (κ2) is 5.82. The minimum atomic E-state index is 0.442. The maximum Gasteiger partial charge on any atom is 0.164 e. The van der Waals surface area contributed by atoms with E-state index in [1.165, 1.54) is 0 Å². The number of rotatable bonds is 5. The molecular formula is C12H14BrN3O. The number of hydrogen-bond donors (Lipinski definition) is 0. The van der Waals surface area contributed by atoms with Crippen LogP contribution in [-0.4, -0.2) is 14.8 Å². The minimum Gasteiger partial charge on any atom is -0.485 e. The van der Waals surface area contributed by atoms with Crippen molar-refractivity contribution in [2.75, 3.05) is 0 Å². The third-order valence-electron chi connectivity index (χ3n) is 2.47. The standard InChI is InChI=1S/C12H14BrN3O/c1-2-16-12(14-9-15-16)8-17-11-6-4-3-5-10(11)7-13/h3-6,9H,2,7-8H2,1H3. The molecule has 17 heavy (non-hydrogen) atoms. The first-order valence-corrected chi connectivity index (χ1v) is 6.60. The average molecular weight is 296 g/mol. The predicted octanol–water partition coefficient (Wildman–Crippen LogP) is 2.77. The van der Waals surface area contributed by atoms with Crippen LogP contribution in [0.15, 0.2) is 30.6 Å². The first-order chi connectivity index (χ1) is 8.35. The molecule has 0 radical (unpaired) electrons. The third-order valence-corrected chi connectivity index (χ3v) is 3.07. The maximum absolute atomic E-state index is 5.76. The van der Waals surface area contributed by atoms with Crippen LogP contribution in [0, 0.1) is 0 Å². The van der Waals surface area contributed by atoms with Crippen LogP contribution in [0.1, 0.15) is 18.3 Å². The molecule has 2 rings (SSSR count). The fourth-order valence-corrected chi connectivity index (χ4v) is 2.02. The number of aromatic nitrogens is 3. The van der Waals surface area contributed by atoms with Crippen molar-refractivity contribution in [2.24, 2.45) is 0 Å². The van der Waals surface area contributed by atoms with Gasteiger partial charge in [0, 0.05) is 17.4 Å². The Kier molecular flexibility index (Phi) is 4.14. The molecule has 0 bridgehead atoms. The summed E-state index contributed by atoms with van der Waals surface area (Å²) in [5, 5.41) is 4.89. The van der Waals surface area contributed by atoms with Crippen LogP contribution < -0.4 is 4.74 Å². The van der Waals surface area contributed by atoms with Gasteiger partial charge in [0.2, 0.25) is 0 Å². The molecule has 2 aromatic rings. The summed E-state index contributed by atoms with van der Waals surface area (Å²) < 4.78 is 7.59. The van der Waals surface area contributed by atoms with Crippen molar-refractivity contribution in [3.8, 4) is 5.75 Å². The van der Waals surface area contributed by atoms with Crippen molar-refractivity contribution in [3.63, 3.8) is 0 Å². The van der Waals surface area contributed by atoms with Crippen molar-refractivity contribution in [2.45, 2.75) is 25.4 Å². The Morgan fingerprint density at radius 2 is 2.18 bits per heavy atom. The Hall–Kier alpha value is -1.36. The molecule has 0 unspecified atom stereocenters. The normalized spacial score (nSPS) is 10.5. The van der Waals surface area contributed by atoms with Crippen LogP contribution in [0.4, 0.5) is 0 Å². The van der Waals surface area contributed by atoms with Gasteiger partial charge in [0.1, 0.15) is 18.7 Å². The number of hydrogen-bond acceptors (Lipinski definition) is 3. The molecule has 0 atom stereocenters. The number of para-hydroxylation sites is 1. The molecule has 0 saturated heterocycles. The Morgan fingerprint density at radius 3 is 2.94 bits per heavy atom. The molecule has 1 heterocycles. The number of ether oxygens (including phenoxy) is 1. The lowest BCUT2D eigenvalue weighted by Gasteiger charge is -2.09. The molecule has 0 spiro atoms. The van der Waals surface area contributed by atoms with Gasteiger partial charge in [-0.2, -0.15) is 5.10 Å². The number of alkyl halides is 1. The monoisotopic (exact) mass is 295 g/mol. The fraction of sp³-hybridized carbons (Fsp3) is 0.333. The summed E-state index contributed by atoms with van der Waals surface area (Å²) in [5.74, 6) is 1.73. The lowest BCUT2D eigenvalue weighted by atomic mass is 10.2. The van der Waals surface area contributed by atoms with Gasteiger partial charge in [-0.1, -0.05) is 34.1 Å². The van der Waals surface area contributed by atoms with Gasteiger partial charge in [-0.05, 0) is 13.0 Å². The van der Waals surface area contributed by atoms with Crippen molar-refractivity contribution in [3.05, 3.63) is 42.0 Å². The Bertz CT molecular complexity index is 484. The number of aryl methyl sites for hydroxylation is 1. The van der Waals surface area contributed by atoms with Crippen molar-refractivity contribution < 1.29 is 4.74 Å². The van der Waals surface area contributed by atoms with Crippen LogP contribution >= 0.6 is 15.9 Å². The van der Waals surface area contributed by atoms with E-state index in [-0.39, 0.29) is 0 Å². The van der Waals surface area contributed by atoms with Crippen LogP contribution in [0.2, 0.25) is 0 Å². The fourth-order valence-electron chi connectivity index (χ4n) is 1.56. The Balaban J connectivity index is 2.07. The van der Waals surface area contributed by atoms with E-state index >= 15 is 0 Å². The number of benzene rings is 1. The van der Waals surface area contributed by atoms with Gasteiger partial charge in [-0.15, -0.1) is 0 Å². The van der Waals surface area contributed by atoms with E-state index in [1.807, 2.05) is 35.9 Å². The smallest absolute Gasteiger partial charge is 0.164 e. The van der Waals surface area contributed by atoms with Gasteiger partial charge < -0.3 is 4.74 Å². The topological polar surface area (TPSA) is 39.9 Å². The predicted molar refractivity (Wildman–Crippen MR) is 69.1 cm³/mol. The SMILES string of the molecule is CCn1ncnc1COc1ccccc1CBr. The largest absolute Gasteiger partial charge is 0.485 e. The molecule has 0 aliphatic rings. The molecule has 90 valence electrons. The van der Waals surface area contributed by atoms with Crippen molar-refractivity contribution in [1.29, 1.82) is 0 Å². The summed E-state index contributed by atoms with van der Waals surface area (Å²) in [7, 11) is 0. The lowest BCUT2D eigenvalue weighted by molar-refractivity contribution is 0.285. The van der Waals surface area contributed by atoms with Gasteiger partial charge in [-0.3, -0.25) is 0 Å². The highest BCUT2D eigenvalue weighted by Crippen LogP contribution is 2.21. The zero-order valence-corrected chi connectivity index (χ0v) is 11.2. The lowest BCUT2D eigenvalue weighted by Crippen LogP contribution is -2.07. The number of halogens is 1. The summed E-state index contributed by atoms with van der Waals surface area (Å²) in [6.07, 6.45) is 1.55. The van der Waals surface area contributed by atoms with Crippen molar-refractivity contribution >= 4 is 15.9 Å². The van der Waals surface area contributed by atoms with E-state index in [1.54, 1.807) is 6.33 Å². The molecule has 0 aliphatic heterocycles. The molecule has 4 nitrogen and oxygen atoms in total. The second-order valence-corrected chi connectivity index (χ2v) is 4.08. The van der Waals surface area contributed by atoms with Crippen LogP contribution in [0.25, 0.3) is 0 Å². The first kappa shape index (κ1) is 12.1. The van der Waals surface area contributed by atoms with E-state index in [2.05, 4.69) is 26.0 Å². The summed E-state index contributed by atoms with van der Waals surface area (Å²) in [6.45, 7) is 3.28. The van der Waals surface area contributed by atoms with Gasteiger partial charge in [-0.25, -0.2) is 9.67 Å². The van der Waals surface area contributed by atoms with E-state index in [9.17, 15) is 0 Å². The quantitative estimate of drug-likeness (QED) is 0.797. The average Bonchev–Trinajstić information content (AvgIpc) is 2.84. The second-order valence-electron chi connectivity index (χ2n) is 3.52. The van der Waals surface area contributed by atoms with E-state index in [0.29, 0.717) is 6.61 Å². The Labute approximate surface area is 109 Å². The highest BCUT2D eigenvalue weighted by molar-refractivity contribution is 9.08. The van der Waals surface area contributed by atoms with Gasteiger partial charge in [0.05, 0.1) is 0 Å². The maximum atomic E-state index is 5.76. The zero-order chi connectivity index (χ0) is 12.1. The van der Waals surface area contributed by atoms with Crippen molar-refractivity contribution in [1.82, 2.24) is 14.8 Å². The van der Waals surface area contributed by atoms with Crippen LogP contribution in [0.5, 0.6) is 5.75 Å². The van der Waals surface area contributed by atoms with Crippen LogP contribution in [-0.2, 0) is 18.5 Å². The first-order valence-electron chi connectivity index (χ1n) is 5.48.